The van der Waals surface area contributed by atoms with E-state index in [0.29, 0.717) is 31.4 Å². The van der Waals surface area contributed by atoms with Gasteiger partial charge in [-0.1, -0.05) is 12.1 Å². The first-order chi connectivity index (χ1) is 11.7. The van der Waals surface area contributed by atoms with E-state index < -0.39 is 20.6 Å². The van der Waals surface area contributed by atoms with E-state index in [1.165, 1.54) is 6.26 Å². The highest BCUT2D eigenvalue weighted by Gasteiger charge is 2.56. The number of likely N-dealkylation sites (tertiary alicyclic amines) is 1. The molecule has 1 atom stereocenters. The molecular weight excluding hydrogens is 340 g/mol. The van der Waals surface area contributed by atoms with Crippen LogP contribution in [-0.2, 0) is 21.2 Å². The molecule has 1 aliphatic heterocycles. The summed E-state index contributed by atoms with van der Waals surface area (Å²) >= 11 is 0. The molecular formula is C18H24N2O4S. The van der Waals surface area contributed by atoms with Crippen LogP contribution in [0.5, 0.6) is 0 Å². The summed E-state index contributed by atoms with van der Waals surface area (Å²) in [5.41, 5.74) is 1.39. The number of benzene rings is 1. The molecule has 1 aromatic rings. The zero-order valence-corrected chi connectivity index (χ0v) is 15.4. The fraction of sp³-hybridized carbons (Fsp3) is 0.556. The normalized spacial score (nSPS) is 20.4. The summed E-state index contributed by atoms with van der Waals surface area (Å²) < 4.78 is 23.1. The molecule has 0 aromatic heterocycles. The van der Waals surface area contributed by atoms with Gasteiger partial charge in [0.1, 0.15) is 0 Å². The molecule has 1 saturated carbocycles. The Bertz CT molecular complexity index is 799. The van der Waals surface area contributed by atoms with Crippen LogP contribution >= 0.6 is 0 Å². The average molecular weight is 364 g/mol. The number of sulfone groups is 1. The van der Waals surface area contributed by atoms with Crippen LogP contribution in [0.3, 0.4) is 0 Å². The molecule has 0 radical (unpaired) electrons. The molecule has 0 bridgehead atoms. The Labute approximate surface area is 148 Å². The Morgan fingerprint density at radius 1 is 1.36 bits per heavy atom. The molecule has 1 unspecified atom stereocenters. The van der Waals surface area contributed by atoms with Crippen molar-refractivity contribution in [3.63, 3.8) is 0 Å². The first-order valence-corrected chi connectivity index (χ1v) is 10.5. The summed E-state index contributed by atoms with van der Waals surface area (Å²) in [4.78, 5) is 26.1. The van der Waals surface area contributed by atoms with E-state index in [1.54, 1.807) is 30.0 Å². The Morgan fingerprint density at radius 3 is 2.64 bits per heavy atom. The van der Waals surface area contributed by atoms with Gasteiger partial charge in [-0.2, -0.15) is 0 Å². The van der Waals surface area contributed by atoms with Crippen LogP contribution in [0.25, 0.3) is 0 Å². The molecule has 0 spiro atoms. The van der Waals surface area contributed by atoms with Gasteiger partial charge in [0.2, 0.25) is 5.91 Å². The smallest absolute Gasteiger partial charge is 0.251 e. The lowest BCUT2D eigenvalue weighted by Crippen LogP contribution is -2.46. The van der Waals surface area contributed by atoms with Crippen molar-refractivity contribution in [3.8, 4) is 0 Å². The Hall–Kier alpha value is -1.89. The quantitative estimate of drug-likeness (QED) is 0.829. The lowest BCUT2D eigenvalue weighted by atomic mass is 10.1. The number of hydrogen-bond donors (Lipinski definition) is 1. The second-order valence-electron chi connectivity index (χ2n) is 7.15. The highest BCUT2D eigenvalue weighted by molar-refractivity contribution is 7.92. The van der Waals surface area contributed by atoms with Crippen LogP contribution in [0.4, 0.5) is 0 Å². The van der Waals surface area contributed by atoms with Gasteiger partial charge in [0.15, 0.2) is 9.84 Å². The second-order valence-corrected chi connectivity index (χ2v) is 9.51. The van der Waals surface area contributed by atoms with E-state index in [2.05, 4.69) is 5.32 Å². The minimum Gasteiger partial charge on any atom is -0.348 e. The fourth-order valence-electron chi connectivity index (χ4n) is 3.56. The van der Waals surface area contributed by atoms with Crippen molar-refractivity contribution in [1.29, 1.82) is 0 Å². The number of amides is 2. The van der Waals surface area contributed by atoms with Gasteiger partial charge in [-0.05, 0) is 43.9 Å². The molecule has 1 saturated heterocycles. The van der Waals surface area contributed by atoms with Gasteiger partial charge in [0.05, 0.1) is 4.75 Å². The molecule has 1 heterocycles. The van der Waals surface area contributed by atoms with Crippen LogP contribution in [0, 0.1) is 0 Å². The third-order valence-corrected chi connectivity index (χ3v) is 7.59. The van der Waals surface area contributed by atoms with Crippen molar-refractivity contribution in [2.24, 2.45) is 0 Å². The molecule has 1 aliphatic carbocycles. The van der Waals surface area contributed by atoms with E-state index in [4.69, 9.17) is 0 Å². The monoisotopic (exact) mass is 364 g/mol. The number of nitrogens with zero attached hydrogens (tertiary/aromatic N) is 1. The van der Waals surface area contributed by atoms with E-state index in [0.717, 1.165) is 18.5 Å². The number of carbonyl (C=O) groups excluding carboxylic acids is 2. The van der Waals surface area contributed by atoms with E-state index >= 15 is 0 Å². The number of carbonyl (C=O) groups is 2. The Morgan fingerprint density at radius 2 is 2.08 bits per heavy atom. The van der Waals surface area contributed by atoms with Gasteiger partial charge < -0.3 is 10.2 Å². The van der Waals surface area contributed by atoms with E-state index in [1.807, 2.05) is 6.07 Å². The summed E-state index contributed by atoms with van der Waals surface area (Å²) in [6, 6.07) is 6.73. The summed E-state index contributed by atoms with van der Waals surface area (Å²) in [6.45, 7) is 3.00. The Kier molecular flexibility index (Phi) is 4.62. The number of nitrogens with one attached hydrogen (secondary N) is 1. The number of rotatable bonds is 6. The molecule has 6 nitrogen and oxygen atoms in total. The minimum atomic E-state index is -3.21. The molecule has 1 aromatic carbocycles. The first-order valence-electron chi connectivity index (χ1n) is 8.60. The predicted octanol–water partition coefficient (Wildman–Crippen LogP) is 1.50. The van der Waals surface area contributed by atoms with Crippen LogP contribution in [0.2, 0.25) is 0 Å². The average Bonchev–Trinajstić information content (AvgIpc) is 3.28. The van der Waals surface area contributed by atoms with Gasteiger partial charge in [-0.25, -0.2) is 8.42 Å². The maximum atomic E-state index is 12.5. The SMILES string of the molecule is CC(NC(=O)c1cccc(CN2CCCC2=O)c1)C1(S(C)(=O)=O)CC1. The van der Waals surface area contributed by atoms with Gasteiger partial charge in [-0.3, -0.25) is 9.59 Å². The fourth-order valence-corrected chi connectivity index (χ4v) is 5.11. The summed E-state index contributed by atoms with van der Waals surface area (Å²) in [7, 11) is -3.21. The zero-order chi connectivity index (χ0) is 18.2. The summed E-state index contributed by atoms with van der Waals surface area (Å²) in [6.07, 6.45) is 3.88. The lowest BCUT2D eigenvalue weighted by Gasteiger charge is -2.23. The van der Waals surface area contributed by atoms with Gasteiger partial charge >= 0.3 is 0 Å². The van der Waals surface area contributed by atoms with Crippen molar-refractivity contribution >= 4 is 21.7 Å². The minimum absolute atomic E-state index is 0.146. The molecule has 2 amide bonds. The van der Waals surface area contributed by atoms with Crippen molar-refractivity contribution in [3.05, 3.63) is 35.4 Å². The van der Waals surface area contributed by atoms with Crippen LogP contribution < -0.4 is 5.32 Å². The molecule has 7 heteroatoms. The largest absolute Gasteiger partial charge is 0.348 e. The van der Waals surface area contributed by atoms with Crippen LogP contribution in [0.15, 0.2) is 24.3 Å². The van der Waals surface area contributed by atoms with Gasteiger partial charge in [0.25, 0.3) is 5.91 Å². The van der Waals surface area contributed by atoms with Crippen molar-refractivity contribution in [2.75, 3.05) is 12.8 Å². The maximum Gasteiger partial charge on any atom is 0.251 e. The van der Waals surface area contributed by atoms with E-state index in [-0.39, 0.29) is 11.8 Å². The molecule has 1 N–H and O–H groups in total. The van der Waals surface area contributed by atoms with Crippen molar-refractivity contribution < 1.29 is 18.0 Å². The summed E-state index contributed by atoms with van der Waals surface area (Å²) in [5.74, 6) is -0.135. The number of hydrogen-bond acceptors (Lipinski definition) is 4. The lowest BCUT2D eigenvalue weighted by molar-refractivity contribution is -0.128. The van der Waals surface area contributed by atoms with Gasteiger partial charge in [0, 0.05) is 37.4 Å². The molecule has 25 heavy (non-hydrogen) atoms. The first kappa shape index (κ1) is 17.9. The Balaban J connectivity index is 1.68. The predicted molar refractivity (Wildman–Crippen MR) is 94.8 cm³/mol. The van der Waals surface area contributed by atoms with Crippen molar-refractivity contribution in [1.82, 2.24) is 10.2 Å². The molecule has 2 aliphatic rings. The topological polar surface area (TPSA) is 83.6 Å². The molecule has 2 fully saturated rings. The van der Waals surface area contributed by atoms with Crippen molar-refractivity contribution in [2.45, 2.75) is 49.9 Å². The standard InChI is InChI=1S/C18H24N2O4S/c1-13(18(8-9-18)25(2,23)24)19-17(22)15-6-3-5-14(11-15)12-20-10-4-7-16(20)21/h3,5-6,11,13H,4,7-10,12H2,1-2H3,(H,19,22). The zero-order valence-electron chi connectivity index (χ0n) is 14.6. The highest BCUT2D eigenvalue weighted by atomic mass is 32.2. The molecule has 3 rings (SSSR count). The summed E-state index contributed by atoms with van der Waals surface area (Å²) in [5, 5.41) is 2.84. The second kappa shape index (κ2) is 6.44. The third kappa shape index (κ3) is 3.56. The van der Waals surface area contributed by atoms with Crippen LogP contribution in [-0.4, -0.2) is 48.7 Å². The molecule has 136 valence electrons. The van der Waals surface area contributed by atoms with E-state index in [9.17, 15) is 18.0 Å². The maximum absolute atomic E-state index is 12.5. The van der Waals surface area contributed by atoms with Crippen LogP contribution in [0.1, 0.15) is 48.5 Å². The highest BCUT2D eigenvalue weighted by Crippen LogP contribution is 2.46. The van der Waals surface area contributed by atoms with Gasteiger partial charge in [-0.15, -0.1) is 0 Å². The third-order valence-electron chi connectivity index (χ3n) is 5.35.